The summed E-state index contributed by atoms with van der Waals surface area (Å²) in [6.07, 6.45) is 61.0. The number of unbranched alkanes of at least 4 members (excludes halogenated alkanes) is 38. The molecule has 0 heteroatoms. The van der Waals surface area contributed by atoms with Gasteiger partial charge in [-0.1, -0.05) is 276 Å². The van der Waals surface area contributed by atoms with Gasteiger partial charge in [0.2, 0.25) is 0 Å². The van der Waals surface area contributed by atoms with Crippen LogP contribution in [0.5, 0.6) is 0 Å². The summed E-state index contributed by atoms with van der Waals surface area (Å²) in [6.45, 7) is 7.02. The molecule has 0 unspecified atom stereocenters. The molecule has 1 aromatic rings. The van der Waals surface area contributed by atoms with Crippen LogP contribution in [0.1, 0.15) is 287 Å². The van der Waals surface area contributed by atoms with Crippen molar-refractivity contribution in [2.75, 3.05) is 0 Å². The first-order valence-corrected chi connectivity index (χ1v) is 24.4. The van der Waals surface area contributed by atoms with E-state index in [1.165, 1.54) is 270 Å². The Morgan fingerprint density at radius 3 is 0.627 bits per heavy atom. The summed E-state index contributed by atoms with van der Waals surface area (Å²) >= 11 is 0. The number of hydrogen-bond donors (Lipinski definition) is 0. The molecule has 1 aromatic carbocycles. The molecule has 0 amide bonds. The van der Waals surface area contributed by atoms with Gasteiger partial charge in [0.05, 0.1) is 0 Å². The second-order valence-electron chi connectivity index (χ2n) is 17.1. The molecule has 51 heavy (non-hydrogen) atoms. The van der Waals surface area contributed by atoms with Crippen molar-refractivity contribution in [3.8, 4) is 0 Å². The van der Waals surface area contributed by atoms with E-state index in [1.54, 1.807) is 16.7 Å². The zero-order valence-electron chi connectivity index (χ0n) is 35.9. The van der Waals surface area contributed by atoms with E-state index < -0.39 is 0 Å². The summed E-state index contributed by atoms with van der Waals surface area (Å²) in [6, 6.07) is 7.15. The van der Waals surface area contributed by atoms with Crippen molar-refractivity contribution in [3.63, 3.8) is 0 Å². The summed E-state index contributed by atoms with van der Waals surface area (Å²) in [5.41, 5.74) is 4.86. The van der Waals surface area contributed by atoms with E-state index in [0.29, 0.717) is 0 Å². The lowest BCUT2D eigenvalue weighted by Crippen LogP contribution is -1.97. The highest BCUT2D eigenvalue weighted by Gasteiger charge is 2.05. The van der Waals surface area contributed by atoms with Crippen LogP contribution in [0.15, 0.2) is 18.2 Å². The smallest absolute Gasteiger partial charge is 0.0276 e. The SMILES string of the molecule is CCCCCCCCCCCCCCCCCCCCCCc1cccc(CCCCCCCCCCCCCCCCCCCCCC)c1C. The maximum atomic E-state index is 2.41. The van der Waals surface area contributed by atoms with Gasteiger partial charge in [-0.05, 0) is 49.3 Å². The van der Waals surface area contributed by atoms with E-state index in [0.717, 1.165) is 0 Å². The van der Waals surface area contributed by atoms with Crippen LogP contribution in [0.3, 0.4) is 0 Å². The Kier molecular flexibility index (Phi) is 38.2. The fourth-order valence-corrected chi connectivity index (χ4v) is 8.42. The van der Waals surface area contributed by atoms with Gasteiger partial charge >= 0.3 is 0 Å². The molecule has 0 aliphatic carbocycles. The van der Waals surface area contributed by atoms with Crippen LogP contribution in [0, 0.1) is 6.92 Å². The summed E-state index contributed by atoms with van der Waals surface area (Å²) in [4.78, 5) is 0. The van der Waals surface area contributed by atoms with Crippen molar-refractivity contribution < 1.29 is 0 Å². The Morgan fingerprint density at radius 1 is 0.255 bits per heavy atom. The third-order valence-electron chi connectivity index (χ3n) is 12.2. The molecule has 1 rings (SSSR count). The van der Waals surface area contributed by atoms with Crippen LogP contribution in [0.2, 0.25) is 0 Å². The fourth-order valence-electron chi connectivity index (χ4n) is 8.42. The maximum absolute atomic E-state index is 2.41. The summed E-state index contributed by atoms with van der Waals surface area (Å²) in [7, 11) is 0. The van der Waals surface area contributed by atoms with E-state index >= 15 is 0 Å². The zero-order chi connectivity index (χ0) is 36.6. The fraction of sp³-hybridized carbons (Fsp3) is 0.882. The molecule has 0 atom stereocenters. The van der Waals surface area contributed by atoms with Gasteiger partial charge in [-0.3, -0.25) is 0 Å². The molecule has 0 spiro atoms. The lowest BCUT2D eigenvalue weighted by molar-refractivity contribution is 0.521. The minimum atomic E-state index is 1.29. The van der Waals surface area contributed by atoms with Crippen molar-refractivity contribution in [1.82, 2.24) is 0 Å². The summed E-state index contributed by atoms with van der Waals surface area (Å²) in [5, 5.41) is 0. The molecule has 0 bridgehead atoms. The van der Waals surface area contributed by atoms with Gasteiger partial charge in [0, 0.05) is 0 Å². The highest BCUT2D eigenvalue weighted by molar-refractivity contribution is 5.34. The Labute approximate surface area is 324 Å². The van der Waals surface area contributed by atoms with Gasteiger partial charge in [-0.15, -0.1) is 0 Å². The molecular formula is C51H96. The topological polar surface area (TPSA) is 0 Å². The van der Waals surface area contributed by atoms with Crippen LogP contribution < -0.4 is 0 Å². The van der Waals surface area contributed by atoms with E-state index in [9.17, 15) is 0 Å². The second-order valence-corrected chi connectivity index (χ2v) is 17.1. The first-order valence-electron chi connectivity index (χ1n) is 24.4. The number of aryl methyl sites for hydroxylation is 2. The molecule has 0 heterocycles. The minimum Gasteiger partial charge on any atom is -0.0654 e. The van der Waals surface area contributed by atoms with Crippen molar-refractivity contribution in [1.29, 1.82) is 0 Å². The highest BCUT2D eigenvalue weighted by atomic mass is 14.1. The van der Waals surface area contributed by atoms with Gasteiger partial charge in [-0.25, -0.2) is 0 Å². The highest BCUT2D eigenvalue weighted by Crippen LogP contribution is 2.21. The van der Waals surface area contributed by atoms with Crippen LogP contribution in [0.4, 0.5) is 0 Å². The molecular weight excluding hydrogens is 613 g/mol. The molecule has 0 aromatic heterocycles. The van der Waals surface area contributed by atoms with E-state index in [-0.39, 0.29) is 0 Å². The standard InChI is InChI=1S/C51H96/c1-4-6-8-10-12-14-16-18-20-22-24-26-28-30-32-34-36-38-40-42-45-50-47-44-48-51(49(50)3)46-43-41-39-37-35-33-31-29-27-25-23-21-19-17-15-13-11-9-7-5-2/h44,47-48H,4-43,45-46H2,1-3H3. The average Bonchev–Trinajstić information content (AvgIpc) is 3.14. The molecule has 0 aliphatic rings. The zero-order valence-corrected chi connectivity index (χ0v) is 35.9. The third-order valence-corrected chi connectivity index (χ3v) is 12.2. The van der Waals surface area contributed by atoms with Crippen LogP contribution in [0.25, 0.3) is 0 Å². The van der Waals surface area contributed by atoms with Crippen LogP contribution in [-0.4, -0.2) is 0 Å². The van der Waals surface area contributed by atoms with Gasteiger partial charge in [0.25, 0.3) is 0 Å². The molecule has 300 valence electrons. The molecule has 0 fully saturated rings. The van der Waals surface area contributed by atoms with E-state index in [1.807, 2.05) is 0 Å². The van der Waals surface area contributed by atoms with Gasteiger partial charge in [-0.2, -0.15) is 0 Å². The van der Waals surface area contributed by atoms with Crippen LogP contribution in [-0.2, 0) is 12.8 Å². The molecule has 0 aliphatic heterocycles. The predicted octanol–water partition coefficient (Wildman–Crippen LogP) is 18.7. The Balaban J connectivity index is 1.85. The lowest BCUT2D eigenvalue weighted by Gasteiger charge is -2.12. The van der Waals surface area contributed by atoms with E-state index in [2.05, 4.69) is 39.0 Å². The molecule has 0 nitrogen and oxygen atoms in total. The normalized spacial score (nSPS) is 11.6. The van der Waals surface area contributed by atoms with Crippen molar-refractivity contribution >= 4 is 0 Å². The van der Waals surface area contributed by atoms with Gasteiger partial charge in [0.15, 0.2) is 0 Å². The third kappa shape index (κ3) is 33.5. The van der Waals surface area contributed by atoms with Gasteiger partial charge in [0.1, 0.15) is 0 Å². The first-order chi connectivity index (χ1) is 25.3. The first kappa shape index (κ1) is 48.2. The summed E-state index contributed by atoms with van der Waals surface area (Å²) < 4.78 is 0. The lowest BCUT2D eigenvalue weighted by atomic mass is 9.94. The predicted molar refractivity (Wildman–Crippen MR) is 235 cm³/mol. The second kappa shape index (κ2) is 40.4. The molecule has 0 N–H and O–H groups in total. The van der Waals surface area contributed by atoms with Crippen LogP contribution >= 0.6 is 0 Å². The largest absolute Gasteiger partial charge is 0.0654 e. The quantitative estimate of drug-likeness (QED) is 0.0593. The number of rotatable bonds is 42. The monoisotopic (exact) mass is 709 g/mol. The Morgan fingerprint density at radius 2 is 0.431 bits per heavy atom. The van der Waals surface area contributed by atoms with Gasteiger partial charge < -0.3 is 0 Å². The average molecular weight is 709 g/mol. The molecule has 0 saturated heterocycles. The molecule has 0 radical (unpaired) electrons. The Bertz CT molecular complexity index is 729. The minimum absolute atomic E-state index is 1.29. The van der Waals surface area contributed by atoms with Crippen molar-refractivity contribution in [2.45, 2.75) is 290 Å². The number of benzene rings is 1. The summed E-state index contributed by atoms with van der Waals surface area (Å²) in [5.74, 6) is 0. The van der Waals surface area contributed by atoms with Crippen molar-refractivity contribution in [2.24, 2.45) is 0 Å². The van der Waals surface area contributed by atoms with Crippen molar-refractivity contribution in [3.05, 3.63) is 34.9 Å². The molecule has 0 saturated carbocycles. The number of hydrogen-bond acceptors (Lipinski definition) is 0. The Hall–Kier alpha value is -0.780. The van der Waals surface area contributed by atoms with E-state index in [4.69, 9.17) is 0 Å². The maximum Gasteiger partial charge on any atom is -0.0276 e.